The molecule has 0 aliphatic rings. The molecule has 0 unspecified atom stereocenters. The summed E-state index contributed by atoms with van der Waals surface area (Å²) in [6, 6.07) is 1.85. The van der Waals surface area contributed by atoms with Gasteiger partial charge in [-0.25, -0.2) is 0 Å². The monoisotopic (exact) mass is 323 g/mol. The molecule has 0 saturated carbocycles. The van der Waals surface area contributed by atoms with Gasteiger partial charge in [-0.3, -0.25) is 14.3 Å². The van der Waals surface area contributed by atoms with Gasteiger partial charge in [0.15, 0.2) is 0 Å². The van der Waals surface area contributed by atoms with Crippen molar-refractivity contribution < 1.29 is 14.7 Å². The van der Waals surface area contributed by atoms with Gasteiger partial charge in [-0.05, 0) is 18.9 Å². The Hall–Kier alpha value is -1.85. The lowest BCUT2D eigenvalue weighted by Gasteiger charge is -2.13. The van der Waals surface area contributed by atoms with Crippen LogP contribution in [0.4, 0.5) is 0 Å². The van der Waals surface area contributed by atoms with Crippen molar-refractivity contribution in [3.63, 3.8) is 0 Å². The molecule has 1 aromatic rings. The minimum atomic E-state index is -0.733. The minimum Gasteiger partial charge on any atom is -0.481 e. The zero-order valence-electron chi connectivity index (χ0n) is 14.7. The van der Waals surface area contributed by atoms with Gasteiger partial charge in [-0.2, -0.15) is 5.10 Å². The number of aromatic nitrogens is 2. The van der Waals surface area contributed by atoms with Gasteiger partial charge in [0.2, 0.25) is 0 Å². The lowest BCUT2D eigenvalue weighted by atomic mass is 9.92. The molecule has 0 aromatic carbocycles. The number of carboxylic acids is 1. The molecule has 0 spiro atoms. The van der Waals surface area contributed by atoms with Crippen molar-refractivity contribution in [2.75, 3.05) is 6.54 Å². The molecule has 1 rings (SSSR count). The van der Waals surface area contributed by atoms with E-state index in [1.54, 1.807) is 11.7 Å². The van der Waals surface area contributed by atoms with Gasteiger partial charge in [-0.15, -0.1) is 0 Å². The van der Waals surface area contributed by atoms with Crippen molar-refractivity contribution in [2.45, 2.75) is 64.7 Å². The number of unbranched alkanes of at least 4 members (excludes halogenated alkanes) is 4. The van der Waals surface area contributed by atoms with E-state index in [-0.39, 0.29) is 17.7 Å². The maximum atomic E-state index is 12.2. The topological polar surface area (TPSA) is 84.2 Å². The van der Waals surface area contributed by atoms with E-state index in [0.29, 0.717) is 12.2 Å². The normalized spacial score (nSPS) is 11.5. The Kier molecular flexibility index (Phi) is 7.26. The van der Waals surface area contributed by atoms with E-state index in [4.69, 9.17) is 5.11 Å². The number of rotatable bonds is 9. The molecule has 130 valence electrons. The number of nitrogens with one attached hydrogen (secondary N) is 1. The van der Waals surface area contributed by atoms with E-state index >= 15 is 0 Å². The molecule has 0 radical (unpaired) electrons. The van der Waals surface area contributed by atoms with Crippen molar-refractivity contribution in [3.05, 3.63) is 17.5 Å². The molecule has 0 aliphatic heterocycles. The fourth-order valence-electron chi connectivity index (χ4n) is 2.27. The van der Waals surface area contributed by atoms with Crippen LogP contribution in [-0.4, -0.2) is 33.3 Å². The lowest BCUT2D eigenvalue weighted by molar-refractivity contribution is -0.137. The van der Waals surface area contributed by atoms with Crippen molar-refractivity contribution >= 4 is 11.9 Å². The predicted molar refractivity (Wildman–Crippen MR) is 89.6 cm³/mol. The van der Waals surface area contributed by atoms with Crippen LogP contribution in [0.3, 0.4) is 0 Å². The number of carbonyl (C=O) groups excluding carboxylic acids is 1. The Morgan fingerprint density at radius 2 is 1.78 bits per heavy atom. The number of hydrogen-bond acceptors (Lipinski definition) is 3. The summed E-state index contributed by atoms with van der Waals surface area (Å²) in [6.45, 7) is 6.85. The molecule has 6 nitrogen and oxygen atoms in total. The van der Waals surface area contributed by atoms with Gasteiger partial charge in [0, 0.05) is 25.4 Å². The van der Waals surface area contributed by atoms with Crippen molar-refractivity contribution in [2.24, 2.45) is 7.05 Å². The molecular formula is C17H29N3O3. The number of aliphatic carboxylic acids is 1. The lowest BCUT2D eigenvalue weighted by Crippen LogP contribution is -2.26. The third-order valence-electron chi connectivity index (χ3n) is 3.73. The average molecular weight is 323 g/mol. The molecule has 1 amide bonds. The fraction of sp³-hybridized carbons (Fsp3) is 0.706. The zero-order chi connectivity index (χ0) is 17.5. The summed E-state index contributed by atoms with van der Waals surface area (Å²) in [7, 11) is 1.78. The first-order valence-electron chi connectivity index (χ1n) is 8.26. The van der Waals surface area contributed by atoms with E-state index in [1.165, 1.54) is 0 Å². The SMILES string of the molecule is Cn1nc(C(C)(C)C)cc1C(=O)NCCCCCCCC(=O)O. The van der Waals surface area contributed by atoms with Gasteiger partial charge < -0.3 is 10.4 Å². The highest BCUT2D eigenvalue weighted by Gasteiger charge is 2.21. The predicted octanol–water partition coefficient (Wildman–Crippen LogP) is 2.87. The van der Waals surface area contributed by atoms with Gasteiger partial charge in [0.25, 0.3) is 5.91 Å². The molecule has 0 aliphatic carbocycles. The summed E-state index contributed by atoms with van der Waals surface area (Å²) in [5.74, 6) is -0.829. The largest absolute Gasteiger partial charge is 0.481 e. The Bertz CT molecular complexity index is 530. The van der Waals surface area contributed by atoms with Crippen LogP contribution in [0, 0.1) is 0 Å². The Morgan fingerprint density at radius 1 is 1.17 bits per heavy atom. The molecule has 23 heavy (non-hydrogen) atoms. The fourth-order valence-corrected chi connectivity index (χ4v) is 2.27. The Labute approximate surface area is 138 Å². The van der Waals surface area contributed by atoms with Crippen molar-refractivity contribution in [1.82, 2.24) is 15.1 Å². The molecule has 0 atom stereocenters. The van der Waals surface area contributed by atoms with Crippen LogP contribution < -0.4 is 5.32 Å². The molecule has 0 saturated heterocycles. The first-order chi connectivity index (χ1) is 10.7. The molecule has 1 heterocycles. The minimum absolute atomic E-state index is 0.0771. The summed E-state index contributed by atoms with van der Waals surface area (Å²) in [6.07, 6.45) is 4.81. The highest BCUT2D eigenvalue weighted by atomic mass is 16.4. The summed E-state index contributed by atoms with van der Waals surface area (Å²) in [5, 5.41) is 15.9. The third kappa shape index (κ3) is 6.84. The molecule has 6 heteroatoms. The second-order valence-electron chi connectivity index (χ2n) is 6.96. The van der Waals surface area contributed by atoms with Crippen molar-refractivity contribution in [3.8, 4) is 0 Å². The number of carboxylic acid groups (broad SMARTS) is 1. The first kappa shape index (κ1) is 19.2. The molecule has 0 fully saturated rings. The van der Waals surface area contributed by atoms with Crippen LogP contribution >= 0.6 is 0 Å². The Balaban J connectivity index is 2.27. The van der Waals surface area contributed by atoms with Crippen LogP contribution in [0.2, 0.25) is 0 Å². The standard InChI is InChI=1S/C17H29N3O3/c1-17(2,3)14-12-13(20(4)19-14)16(23)18-11-9-7-5-6-8-10-15(21)22/h12H,5-11H2,1-4H3,(H,18,23)(H,21,22). The second-order valence-corrected chi connectivity index (χ2v) is 6.96. The number of hydrogen-bond donors (Lipinski definition) is 2. The number of carbonyl (C=O) groups is 2. The van der Waals surface area contributed by atoms with Crippen LogP contribution in [0.5, 0.6) is 0 Å². The van der Waals surface area contributed by atoms with E-state index in [0.717, 1.165) is 37.8 Å². The van der Waals surface area contributed by atoms with E-state index < -0.39 is 5.97 Å². The summed E-state index contributed by atoms with van der Waals surface area (Å²) >= 11 is 0. The van der Waals surface area contributed by atoms with Crippen LogP contribution in [-0.2, 0) is 17.3 Å². The number of aryl methyl sites for hydroxylation is 1. The molecule has 0 bridgehead atoms. The van der Waals surface area contributed by atoms with Gasteiger partial charge >= 0.3 is 5.97 Å². The first-order valence-corrected chi connectivity index (χ1v) is 8.26. The molecular weight excluding hydrogens is 294 g/mol. The zero-order valence-corrected chi connectivity index (χ0v) is 14.7. The quantitative estimate of drug-likeness (QED) is 0.684. The summed E-state index contributed by atoms with van der Waals surface area (Å²) in [4.78, 5) is 22.6. The second kappa shape index (κ2) is 8.70. The highest BCUT2D eigenvalue weighted by molar-refractivity contribution is 5.92. The summed E-state index contributed by atoms with van der Waals surface area (Å²) < 4.78 is 1.63. The molecule has 1 aromatic heterocycles. The smallest absolute Gasteiger partial charge is 0.303 e. The van der Waals surface area contributed by atoms with E-state index in [2.05, 4.69) is 31.2 Å². The molecule has 2 N–H and O–H groups in total. The van der Waals surface area contributed by atoms with Gasteiger partial charge in [-0.1, -0.05) is 40.0 Å². The van der Waals surface area contributed by atoms with Crippen LogP contribution in [0.1, 0.15) is 75.5 Å². The summed E-state index contributed by atoms with van der Waals surface area (Å²) in [5.41, 5.74) is 1.41. The van der Waals surface area contributed by atoms with Crippen LogP contribution in [0.25, 0.3) is 0 Å². The number of nitrogens with zero attached hydrogens (tertiary/aromatic N) is 2. The third-order valence-corrected chi connectivity index (χ3v) is 3.73. The van der Waals surface area contributed by atoms with E-state index in [9.17, 15) is 9.59 Å². The van der Waals surface area contributed by atoms with Gasteiger partial charge in [0.05, 0.1) is 5.69 Å². The maximum absolute atomic E-state index is 12.2. The van der Waals surface area contributed by atoms with Gasteiger partial charge in [0.1, 0.15) is 5.69 Å². The maximum Gasteiger partial charge on any atom is 0.303 e. The average Bonchev–Trinajstić information content (AvgIpc) is 2.83. The Morgan fingerprint density at radius 3 is 2.35 bits per heavy atom. The highest BCUT2D eigenvalue weighted by Crippen LogP contribution is 2.21. The number of amides is 1. The van der Waals surface area contributed by atoms with Crippen molar-refractivity contribution in [1.29, 1.82) is 0 Å². The van der Waals surface area contributed by atoms with E-state index in [1.807, 2.05) is 6.07 Å². The van der Waals surface area contributed by atoms with Crippen LogP contribution in [0.15, 0.2) is 6.07 Å².